The standard InChI is InChI=1S/C18H16O6/c1-8(2)3-4-10-15-14(7-12(21)17(10)22)24-13-6-9(19)5-11(20)16(13)18(15)23/h3,5-7,19-22H,4H2,1-2H3. The van der Waals surface area contributed by atoms with Crippen molar-refractivity contribution in [2.24, 2.45) is 0 Å². The summed E-state index contributed by atoms with van der Waals surface area (Å²) < 4.78 is 5.56. The fraction of sp³-hybridized carbons (Fsp3) is 0.167. The number of phenolic OH excluding ortho intramolecular Hbond substituents is 4. The van der Waals surface area contributed by atoms with E-state index in [1.54, 1.807) is 6.08 Å². The van der Waals surface area contributed by atoms with Crippen molar-refractivity contribution in [3.8, 4) is 23.0 Å². The van der Waals surface area contributed by atoms with Gasteiger partial charge in [-0.3, -0.25) is 4.79 Å². The highest BCUT2D eigenvalue weighted by Gasteiger charge is 2.20. The van der Waals surface area contributed by atoms with Gasteiger partial charge in [-0.05, 0) is 20.3 Å². The average Bonchev–Trinajstić information content (AvgIpc) is 2.47. The first kappa shape index (κ1) is 15.7. The first-order valence-electron chi connectivity index (χ1n) is 7.29. The zero-order valence-electron chi connectivity index (χ0n) is 13.1. The maximum absolute atomic E-state index is 12.8. The molecule has 0 spiro atoms. The summed E-state index contributed by atoms with van der Waals surface area (Å²) in [4.78, 5) is 12.8. The number of phenols is 4. The summed E-state index contributed by atoms with van der Waals surface area (Å²) >= 11 is 0. The van der Waals surface area contributed by atoms with E-state index < -0.39 is 22.7 Å². The van der Waals surface area contributed by atoms with Crippen LogP contribution in [0.1, 0.15) is 19.4 Å². The summed E-state index contributed by atoms with van der Waals surface area (Å²) in [5, 5.41) is 39.6. The number of hydrogen-bond acceptors (Lipinski definition) is 6. The van der Waals surface area contributed by atoms with Gasteiger partial charge in [0, 0.05) is 23.8 Å². The van der Waals surface area contributed by atoms with Gasteiger partial charge in [0.2, 0.25) is 5.43 Å². The monoisotopic (exact) mass is 328 g/mol. The third-order valence-corrected chi connectivity index (χ3v) is 3.80. The fourth-order valence-electron chi connectivity index (χ4n) is 2.66. The number of allylic oxidation sites excluding steroid dienone is 2. The van der Waals surface area contributed by atoms with Gasteiger partial charge in [0.25, 0.3) is 0 Å². The number of benzene rings is 2. The Morgan fingerprint density at radius 2 is 1.67 bits per heavy atom. The van der Waals surface area contributed by atoms with Crippen LogP contribution < -0.4 is 5.43 Å². The molecule has 0 radical (unpaired) electrons. The zero-order chi connectivity index (χ0) is 17.6. The van der Waals surface area contributed by atoms with Gasteiger partial charge in [-0.1, -0.05) is 11.6 Å². The minimum absolute atomic E-state index is 0.0109. The second-order valence-electron chi connectivity index (χ2n) is 5.85. The second kappa shape index (κ2) is 5.49. The quantitative estimate of drug-likeness (QED) is 0.326. The Bertz CT molecular complexity index is 1050. The van der Waals surface area contributed by atoms with Crippen LogP contribution in [0, 0.1) is 0 Å². The van der Waals surface area contributed by atoms with Crippen LogP contribution in [0.25, 0.3) is 21.9 Å². The van der Waals surface area contributed by atoms with Crippen molar-refractivity contribution in [3.63, 3.8) is 0 Å². The van der Waals surface area contributed by atoms with Gasteiger partial charge in [0.1, 0.15) is 28.1 Å². The van der Waals surface area contributed by atoms with Crippen molar-refractivity contribution in [3.05, 3.63) is 45.6 Å². The topological polar surface area (TPSA) is 111 Å². The normalized spacial score (nSPS) is 11.1. The van der Waals surface area contributed by atoms with Crippen molar-refractivity contribution in [2.75, 3.05) is 0 Å². The predicted molar refractivity (Wildman–Crippen MR) is 89.8 cm³/mol. The van der Waals surface area contributed by atoms with E-state index >= 15 is 0 Å². The highest BCUT2D eigenvalue weighted by molar-refractivity contribution is 5.96. The SMILES string of the molecule is CC(C)=CCc1c(O)c(O)cc2oc3cc(O)cc(O)c3c(=O)c12. The van der Waals surface area contributed by atoms with Crippen molar-refractivity contribution < 1.29 is 24.8 Å². The van der Waals surface area contributed by atoms with Gasteiger partial charge in [-0.25, -0.2) is 0 Å². The van der Waals surface area contributed by atoms with Crippen LogP contribution in [-0.4, -0.2) is 20.4 Å². The number of hydrogen-bond donors (Lipinski definition) is 4. The van der Waals surface area contributed by atoms with Crippen LogP contribution >= 0.6 is 0 Å². The molecule has 0 aliphatic heterocycles. The maximum atomic E-state index is 12.8. The Kier molecular flexibility index (Phi) is 3.60. The van der Waals surface area contributed by atoms with Crippen molar-refractivity contribution in [1.29, 1.82) is 0 Å². The van der Waals surface area contributed by atoms with Crippen molar-refractivity contribution in [1.82, 2.24) is 0 Å². The Hall–Kier alpha value is -3.15. The summed E-state index contributed by atoms with van der Waals surface area (Å²) in [7, 11) is 0. The summed E-state index contributed by atoms with van der Waals surface area (Å²) in [5.74, 6) is -1.48. The zero-order valence-corrected chi connectivity index (χ0v) is 13.1. The third-order valence-electron chi connectivity index (χ3n) is 3.80. The molecule has 24 heavy (non-hydrogen) atoms. The van der Waals surface area contributed by atoms with Gasteiger partial charge in [0.15, 0.2) is 11.5 Å². The highest BCUT2D eigenvalue weighted by Crippen LogP contribution is 2.38. The predicted octanol–water partition coefficient (Wildman–Crippen LogP) is 3.28. The molecule has 3 aromatic rings. The van der Waals surface area contributed by atoms with E-state index in [9.17, 15) is 25.2 Å². The van der Waals surface area contributed by atoms with E-state index in [1.807, 2.05) is 13.8 Å². The Labute approximate surface area is 136 Å². The van der Waals surface area contributed by atoms with E-state index in [4.69, 9.17) is 4.42 Å². The number of aromatic hydroxyl groups is 4. The molecule has 0 aliphatic carbocycles. The molecule has 6 heteroatoms. The molecule has 3 rings (SSSR count). The van der Waals surface area contributed by atoms with Gasteiger partial charge in [-0.15, -0.1) is 0 Å². The molecule has 0 saturated carbocycles. The molecular weight excluding hydrogens is 312 g/mol. The molecule has 0 saturated heterocycles. The van der Waals surface area contributed by atoms with Crippen LogP contribution in [0.15, 0.2) is 39.1 Å². The molecule has 0 bridgehead atoms. The first-order chi connectivity index (χ1) is 11.3. The average molecular weight is 328 g/mol. The molecule has 6 nitrogen and oxygen atoms in total. The summed E-state index contributed by atoms with van der Waals surface area (Å²) in [6.07, 6.45) is 2.02. The lowest BCUT2D eigenvalue weighted by molar-refractivity contribution is 0.400. The van der Waals surface area contributed by atoms with Crippen LogP contribution in [0.3, 0.4) is 0 Å². The summed E-state index contributed by atoms with van der Waals surface area (Å²) in [6.45, 7) is 3.74. The Morgan fingerprint density at radius 3 is 2.33 bits per heavy atom. The summed E-state index contributed by atoms with van der Waals surface area (Å²) in [5.41, 5.74) is 0.697. The first-order valence-corrected chi connectivity index (χ1v) is 7.29. The lowest BCUT2D eigenvalue weighted by Gasteiger charge is -2.10. The molecule has 0 aliphatic rings. The molecule has 4 N–H and O–H groups in total. The van der Waals surface area contributed by atoms with E-state index in [2.05, 4.69) is 0 Å². The van der Waals surface area contributed by atoms with Gasteiger partial charge in [-0.2, -0.15) is 0 Å². The third kappa shape index (κ3) is 2.42. The second-order valence-corrected chi connectivity index (χ2v) is 5.85. The number of fused-ring (bicyclic) bond motifs is 2. The van der Waals surface area contributed by atoms with Crippen molar-refractivity contribution in [2.45, 2.75) is 20.3 Å². The smallest absolute Gasteiger partial charge is 0.204 e. The van der Waals surface area contributed by atoms with E-state index in [0.29, 0.717) is 0 Å². The molecular formula is C18H16O6. The van der Waals surface area contributed by atoms with Crippen molar-refractivity contribution >= 4 is 21.9 Å². The molecule has 0 amide bonds. The molecule has 0 atom stereocenters. The molecule has 2 aromatic carbocycles. The Balaban J connectivity index is 2.50. The van der Waals surface area contributed by atoms with E-state index in [-0.39, 0.29) is 39.7 Å². The van der Waals surface area contributed by atoms with E-state index in [0.717, 1.165) is 17.7 Å². The highest BCUT2D eigenvalue weighted by atomic mass is 16.3. The minimum atomic E-state index is -0.545. The lowest BCUT2D eigenvalue weighted by atomic mass is 10.0. The van der Waals surface area contributed by atoms with Gasteiger partial charge < -0.3 is 24.8 Å². The molecule has 0 fully saturated rings. The fourth-order valence-corrected chi connectivity index (χ4v) is 2.66. The van der Waals surface area contributed by atoms with Gasteiger partial charge in [0.05, 0.1) is 5.39 Å². The molecule has 1 aromatic heterocycles. The van der Waals surface area contributed by atoms with Gasteiger partial charge >= 0.3 is 0 Å². The van der Waals surface area contributed by atoms with Crippen LogP contribution in [0.4, 0.5) is 0 Å². The lowest BCUT2D eigenvalue weighted by Crippen LogP contribution is -2.06. The molecule has 1 heterocycles. The Morgan fingerprint density at radius 1 is 1.00 bits per heavy atom. The molecule has 124 valence electrons. The number of rotatable bonds is 2. The van der Waals surface area contributed by atoms with Crippen LogP contribution in [0.5, 0.6) is 23.0 Å². The van der Waals surface area contributed by atoms with Crippen LogP contribution in [-0.2, 0) is 6.42 Å². The maximum Gasteiger partial charge on any atom is 0.204 e. The summed E-state index contributed by atoms with van der Waals surface area (Å²) in [6, 6.07) is 3.38. The van der Waals surface area contributed by atoms with E-state index in [1.165, 1.54) is 6.07 Å². The molecule has 0 unspecified atom stereocenters. The minimum Gasteiger partial charge on any atom is -0.508 e. The largest absolute Gasteiger partial charge is 0.508 e. The van der Waals surface area contributed by atoms with Crippen LogP contribution in [0.2, 0.25) is 0 Å².